The minimum atomic E-state index is -3.59. The first-order valence-corrected chi connectivity index (χ1v) is 11.5. The van der Waals surface area contributed by atoms with Crippen molar-refractivity contribution in [2.75, 3.05) is 43.1 Å². The van der Waals surface area contributed by atoms with Crippen LogP contribution in [0, 0.1) is 5.92 Å². The minimum absolute atomic E-state index is 0.102. The van der Waals surface area contributed by atoms with Gasteiger partial charge in [-0.25, -0.2) is 13.4 Å². The fourth-order valence-electron chi connectivity index (χ4n) is 3.36. The molecule has 0 spiro atoms. The second-order valence-electron chi connectivity index (χ2n) is 6.74. The van der Waals surface area contributed by atoms with Crippen molar-refractivity contribution in [1.82, 2.24) is 9.29 Å². The Kier molecular flexibility index (Phi) is 5.63. The van der Waals surface area contributed by atoms with Crippen LogP contribution in [0.1, 0.15) is 6.42 Å². The van der Waals surface area contributed by atoms with Crippen LogP contribution in [0.2, 0.25) is 0 Å². The summed E-state index contributed by atoms with van der Waals surface area (Å²) in [6, 6.07) is 6.20. The average molecular weight is 437 g/mol. The third kappa shape index (κ3) is 4.17. The number of sulfonamides is 1. The number of ether oxygens (including phenoxy) is 1. The molecule has 0 saturated carbocycles. The maximum atomic E-state index is 12.7. The standard InChI is InChI=1S/C18H20N4O5S2/c23-16-11-13(17(24)20-18-19-5-10-28-18)12-22(16)14-1-3-15(4-2-14)29(25,26)21-6-8-27-9-7-21/h1-5,10,13H,6-9,11-12H2,(H,19,20,24). The number of rotatable bonds is 5. The van der Waals surface area contributed by atoms with Gasteiger partial charge in [0, 0.05) is 43.3 Å². The highest BCUT2D eigenvalue weighted by Gasteiger charge is 2.35. The number of nitrogens with zero attached hydrogens (tertiary/aromatic N) is 3. The van der Waals surface area contributed by atoms with E-state index in [2.05, 4.69) is 10.3 Å². The van der Waals surface area contributed by atoms with Crippen LogP contribution in [-0.4, -0.2) is 62.4 Å². The number of thiazole rings is 1. The third-order valence-corrected chi connectivity index (χ3v) is 7.52. The molecule has 2 amide bonds. The molecule has 29 heavy (non-hydrogen) atoms. The number of hydrogen-bond acceptors (Lipinski definition) is 7. The molecule has 0 bridgehead atoms. The second-order valence-corrected chi connectivity index (χ2v) is 9.57. The summed E-state index contributed by atoms with van der Waals surface area (Å²) in [4.78, 5) is 30.5. The van der Waals surface area contributed by atoms with Crippen molar-refractivity contribution >= 4 is 44.0 Å². The highest BCUT2D eigenvalue weighted by molar-refractivity contribution is 7.89. The molecule has 1 unspecified atom stereocenters. The molecule has 2 fully saturated rings. The van der Waals surface area contributed by atoms with E-state index in [0.717, 1.165) is 0 Å². The van der Waals surface area contributed by atoms with E-state index < -0.39 is 15.9 Å². The highest BCUT2D eigenvalue weighted by Crippen LogP contribution is 2.28. The molecule has 154 valence electrons. The number of nitrogens with one attached hydrogen (secondary N) is 1. The minimum Gasteiger partial charge on any atom is -0.379 e. The van der Waals surface area contributed by atoms with Crippen molar-refractivity contribution < 1.29 is 22.7 Å². The molecule has 4 rings (SSSR count). The fraction of sp³-hybridized carbons (Fsp3) is 0.389. The number of carbonyl (C=O) groups is 2. The van der Waals surface area contributed by atoms with Crippen molar-refractivity contribution in [3.05, 3.63) is 35.8 Å². The first kappa shape index (κ1) is 20.0. The molecule has 1 aromatic carbocycles. The van der Waals surface area contributed by atoms with Crippen molar-refractivity contribution in [3.8, 4) is 0 Å². The normalized spacial score (nSPS) is 20.8. The van der Waals surface area contributed by atoms with Crippen LogP contribution in [0.3, 0.4) is 0 Å². The Hall–Kier alpha value is -2.34. The zero-order chi connectivity index (χ0) is 20.4. The van der Waals surface area contributed by atoms with Gasteiger partial charge in [-0.15, -0.1) is 11.3 Å². The number of aromatic nitrogens is 1. The van der Waals surface area contributed by atoms with Gasteiger partial charge < -0.3 is 15.0 Å². The van der Waals surface area contributed by atoms with E-state index in [1.165, 1.54) is 32.7 Å². The Morgan fingerprint density at radius 2 is 1.93 bits per heavy atom. The number of carbonyl (C=O) groups excluding carboxylic acids is 2. The van der Waals surface area contributed by atoms with Crippen LogP contribution in [0.4, 0.5) is 10.8 Å². The Morgan fingerprint density at radius 1 is 1.21 bits per heavy atom. The summed E-state index contributed by atoms with van der Waals surface area (Å²) in [5.74, 6) is -0.904. The van der Waals surface area contributed by atoms with E-state index in [0.29, 0.717) is 37.1 Å². The van der Waals surface area contributed by atoms with Crippen molar-refractivity contribution in [1.29, 1.82) is 0 Å². The Balaban J connectivity index is 1.45. The lowest BCUT2D eigenvalue weighted by molar-refractivity contribution is -0.122. The lowest BCUT2D eigenvalue weighted by atomic mass is 10.1. The second kappa shape index (κ2) is 8.19. The van der Waals surface area contributed by atoms with Gasteiger partial charge in [0.1, 0.15) is 0 Å². The van der Waals surface area contributed by atoms with Gasteiger partial charge in [-0.1, -0.05) is 0 Å². The molecule has 1 aromatic heterocycles. The molecular formula is C18H20N4O5S2. The number of benzene rings is 1. The van der Waals surface area contributed by atoms with Gasteiger partial charge in [-0.05, 0) is 24.3 Å². The number of anilines is 2. The largest absolute Gasteiger partial charge is 0.379 e. The monoisotopic (exact) mass is 436 g/mol. The van der Waals surface area contributed by atoms with Gasteiger partial charge >= 0.3 is 0 Å². The lowest BCUT2D eigenvalue weighted by Crippen LogP contribution is -2.40. The van der Waals surface area contributed by atoms with Crippen LogP contribution in [0.25, 0.3) is 0 Å². The molecule has 11 heteroatoms. The lowest BCUT2D eigenvalue weighted by Gasteiger charge is -2.26. The molecule has 0 radical (unpaired) electrons. The van der Waals surface area contributed by atoms with Gasteiger partial charge in [0.05, 0.1) is 24.0 Å². The summed E-state index contributed by atoms with van der Waals surface area (Å²) in [7, 11) is -3.59. The third-order valence-electron chi connectivity index (χ3n) is 4.91. The molecule has 2 aliphatic rings. The number of amides is 2. The maximum Gasteiger partial charge on any atom is 0.243 e. The molecule has 1 N–H and O–H groups in total. The molecular weight excluding hydrogens is 416 g/mol. The van der Waals surface area contributed by atoms with Crippen LogP contribution in [0.15, 0.2) is 40.7 Å². The van der Waals surface area contributed by atoms with E-state index >= 15 is 0 Å². The quantitative estimate of drug-likeness (QED) is 0.753. The molecule has 9 nitrogen and oxygen atoms in total. The smallest absolute Gasteiger partial charge is 0.243 e. The molecule has 3 heterocycles. The van der Waals surface area contributed by atoms with E-state index in [4.69, 9.17) is 4.74 Å². The van der Waals surface area contributed by atoms with E-state index in [-0.39, 0.29) is 29.7 Å². The van der Waals surface area contributed by atoms with Crippen molar-refractivity contribution in [2.24, 2.45) is 5.92 Å². The summed E-state index contributed by atoms with van der Waals surface area (Å²) >= 11 is 1.31. The topological polar surface area (TPSA) is 109 Å². The molecule has 2 saturated heterocycles. The molecule has 2 aromatic rings. The molecule has 2 aliphatic heterocycles. The van der Waals surface area contributed by atoms with Crippen molar-refractivity contribution in [3.63, 3.8) is 0 Å². The fourth-order valence-corrected chi connectivity index (χ4v) is 5.30. The highest BCUT2D eigenvalue weighted by atomic mass is 32.2. The summed E-state index contributed by atoms with van der Waals surface area (Å²) in [5.41, 5.74) is 0.570. The first-order chi connectivity index (χ1) is 13.9. The zero-order valence-electron chi connectivity index (χ0n) is 15.5. The van der Waals surface area contributed by atoms with Crippen LogP contribution < -0.4 is 10.2 Å². The number of hydrogen-bond donors (Lipinski definition) is 1. The van der Waals surface area contributed by atoms with Crippen LogP contribution >= 0.6 is 11.3 Å². The van der Waals surface area contributed by atoms with Gasteiger partial charge in [-0.3, -0.25) is 9.59 Å². The maximum absolute atomic E-state index is 12.7. The average Bonchev–Trinajstić information content (AvgIpc) is 3.38. The van der Waals surface area contributed by atoms with E-state index in [9.17, 15) is 18.0 Å². The SMILES string of the molecule is O=C(Nc1nccs1)C1CC(=O)N(c2ccc(S(=O)(=O)N3CCOCC3)cc2)C1. The van der Waals surface area contributed by atoms with Crippen LogP contribution in [0.5, 0.6) is 0 Å². The predicted octanol–water partition coefficient (Wildman–Crippen LogP) is 1.16. The van der Waals surface area contributed by atoms with Crippen LogP contribution in [-0.2, 0) is 24.3 Å². The Bertz CT molecular complexity index is 986. The summed E-state index contributed by atoms with van der Waals surface area (Å²) in [5, 5.41) is 4.97. The van der Waals surface area contributed by atoms with E-state index in [1.54, 1.807) is 23.7 Å². The van der Waals surface area contributed by atoms with Crippen molar-refractivity contribution in [2.45, 2.75) is 11.3 Å². The van der Waals surface area contributed by atoms with E-state index in [1.807, 2.05) is 0 Å². The number of morpholine rings is 1. The van der Waals surface area contributed by atoms with Gasteiger partial charge in [0.25, 0.3) is 0 Å². The first-order valence-electron chi connectivity index (χ1n) is 9.14. The Morgan fingerprint density at radius 3 is 2.59 bits per heavy atom. The van der Waals surface area contributed by atoms with Gasteiger partial charge in [-0.2, -0.15) is 4.31 Å². The summed E-state index contributed by atoms with van der Waals surface area (Å²) in [6.45, 7) is 1.65. The van der Waals surface area contributed by atoms with Gasteiger partial charge in [0.2, 0.25) is 21.8 Å². The predicted molar refractivity (Wildman–Crippen MR) is 107 cm³/mol. The molecule has 0 aliphatic carbocycles. The van der Waals surface area contributed by atoms with Gasteiger partial charge in [0.15, 0.2) is 5.13 Å². The zero-order valence-corrected chi connectivity index (χ0v) is 17.1. The summed E-state index contributed by atoms with van der Waals surface area (Å²) in [6.07, 6.45) is 1.70. The molecule has 1 atom stereocenters. The summed E-state index contributed by atoms with van der Waals surface area (Å²) < 4.78 is 32.0. The Labute approximate surface area is 172 Å².